The fourth-order valence-electron chi connectivity index (χ4n) is 3.00. The zero-order valence-corrected chi connectivity index (χ0v) is 13.8. The molecule has 1 aliphatic rings. The highest BCUT2D eigenvalue weighted by atomic mass is 16.6. The second kappa shape index (κ2) is 6.90. The average molecular weight is 341 g/mol. The molecular formula is C18H19N3O4. The van der Waals surface area contributed by atoms with Crippen LogP contribution in [0.25, 0.3) is 0 Å². The van der Waals surface area contributed by atoms with Gasteiger partial charge in [0.1, 0.15) is 0 Å². The molecule has 1 saturated heterocycles. The highest BCUT2D eigenvalue weighted by Crippen LogP contribution is 2.32. The van der Waals surface area contributed by atoms with Crippen molar-refractivity contribution in [1.82, 2.24) is 0 Å². The zero-order chi connectivity index (χ0) is 18.0. The average Bonchev–Trinajstić information content (AvgIpc) is 3.07. The molecule has 0 saturated carbocycles. The third kappa shape index (κ3) is 3.46. The number of non-ortho nitro benzene ring substituents is 1. The molecule has 3 rings (SSSR count). The van der Waals surface area contributed by atoms with Gasteiger partial charge in [-0.25, -0.2) is 0 Å². The van der Waals surface area contributed by atoms with Crippen LogP contribution in [0, 0.1) is 10.1 Å². The van der Waals surface area contributed by atoms with E-state index in [1.165, 1.54) is 29.2 Å². The van der Waals surface area contributed by atoms with Crippen molar-refractivity contribution >= 4 is 23.0 Å². The molecule has 2 aromatic carbocycles. The molecule has 0 unspecified atom stereocenters. The maximum atomic E-state index is 12.7. The number of carbonyl (C=O) groups excluding carboxylic acids is 1. The van der Waals surface area contributed by atoms with E-state index < -0.39 is 4.92 Å². The van der Waals surface area contributed by atoms with Crippen LogP contribution < -0.4 is 9.80 Å². The molecule has 7 nitrogen and oxygen atoms in total. The molecule has 25 heavy (non-hydrogen) atoms. The van der Waals surface area contributed by atoms with Crippen molar-refractivity contribution < 1.29 is 14.8 Å². The van der Waals surface area contributed by atoms with Crippen molar-refractivity contribution in [3.63, 3.8) is 0 Å². The summed E-state index contributed by atoms with van der Waals surface area (Å²) < 4.78 is 0. The molecule has 7 heteroatoms. The van der Waals surface area contributed by atoms with E-state index in [2.05, 4.69) is 4.90 Å². The monoisotopic (exact) mass is 341 g/mol. The number of hydrogen-bond acceptors (Lipinski definition) is 5. The van der Waals surface area contributed by atoms with Crippen molar-refractivity contribution in [1.29, 1.82) is 0 Å². The molecule has 1 aliphatic heterocycles. The minimum atomic E-state index is -0.494. The summed E-state index contributed by atoms with van der Waals surface area (Å²) in [5.41, 5.74) is 1.95. The highest BCUT2D eigenvalue weighted by Gasteiger charge is 2.25. The van der Waals surface area contributed by atoms with Crippen molar-refractivity contribution in [2.75, 3.05) is 29.9 Å². The number of carbonyl (C=O) groups is 1. The van der Waals surface area contributed by atoms with Gasteiger partial charge in [-0.2, -0.15) is 0 Å². The molecule has 0 radical (unpaired) electrons. The van der Waals surface area contributed by atoms with Crippen LogP contribution in [0.1, 0.15) is 16.8 Å². The van der Waals surface area contributed by atoms with Gasteiger partial charge in [0.05, 0.1) is 22.4 Å². The van der Waals surface area contributed by atoms with Gasteiger partial charge in [0.25, 0.3) is 11.6 Å². The second-order valence-corrected chi connectivity index (χ2v) is 6.05. The van der Waals surface area contributed by atoms with Gasteiger partial charge < -0.3 is 14.9 Å². The first kappa shape index (κ1) is 16.9. The Balaban J connectivity index is 1.86. The Bertz CT molecular complexity index is 791. The molecule has 2 aromatic rings. The third-order valence-corrected chi connectivity index (χ3v) is 4.38. The van der Waals surface area contributed by atoms with Crippen LogP contribution in [0.2, 0.25) is 0 Å². The number of rotatable bonds is 4. The number of β-amino-alcohol motifs (C(OH)–C–C–N with tert-alkyl or cyclic N) is 1. The lowest BCUT2D eigenvalue weighted by molar-refractivity contribution is -0.384. The van der Waals surface area contributed by atoms with Crippen molar-refractivity contribution in [2.45, 2.75) is 12.5 Å². The van der Waals surface area contributed by atoms with Crippen LogP contribution in [0.3, 0.4) is 0 Å². The van der Waals surface area contributed by atoms with E-state index in [1.54, 1.807) is 7.05 Å². The van der Waals surface area contributed by atoms with Gasteiger partial charge in [-0.1, -0.05) is 12.1 Å². The van der Waals surface area contributed by atoms with E-state index in [0.29, 0.717) is 18.5 Å². The van der Waals surface area contributed by atoms with Crippen LogP contribution in [0.4, 0.5) is 17.1 Å². The van der Waals surface area contributed by atoms with Gasteiger partial charge in [0, 0.05) is 37.8 Å². The first-order valence-electron chi connectivity index (χ1n) is 8.02. The third-order valence-electron chi connectivity index (χ3n) is 4.38. The summed E-state index contributed by atoms with van der Waals surface area (Å²) >= 11 is 0. The topological polar surface area (TPSA) is 86.9 Å². The molecule has 0 aliphatic carbocycles. The minimum absolute atomic E-state index is 0.0503. The Morgan fingerprint density at radius 3 is 2.52 bits per heavy atom. The summed E-state index contributed by atoms with van der Waals surface area (Å²) in [5.74, 6) is -0.248. The van der Waals surface area contributed by atoms with Gasteiger partial charge in [-0.05, 0) is 30.7 Å². The number of aliphatic hydroxyl groups excluding tert-OH is 1. The predicted molar refractivity (Wildman–Crippen MR) is 95.1 cm³/mol. The summed E-state index contributed by atoms with van der Waals surface area (Å²) in [6.07, 6.45) is 0.345. The lowest BCUT2D eigenvalue weighted by Gasteiger charge is -2.26. The molecule has 0 spiro atoms. The highest BCUT2D eigenvalue weighted by molar-refractivity contribution is 6.07. The van der Waals surface area contributed by atoms with E-state index >= 15 is 0 Å². The van der Waals surface area contributed by atoms with Crippen LogP contribution in [-0.4, -0.2) is 42.2 Å². The normalized spacial score (nSPS) is 16.7. The Morgan fingerprint density at radius 1 is 1.24 bits per heavy atom. The van der Waals surface area contributed by atoms with Gasteiger partial charge in [-0.3, -0.25) is 14.9 Å². The van der Waals surface area contributed by atoms with Crippen LogP contribution in [0.15, 0.2) is 48.5 Å². The standard InChI is InChI=1S/C18H19N3O4/c1-19(18(23)13-6-8-14(9-7-13)21(24)25)16-4-2-3-5-17(16)20-11-10-15(22)12-20/h2-9,15,22H,10-12H2,1H3/t15-/m0/s1. The number of para-hydroxylation sites is 2. The fourth-order valence-corrected chi connectivity index (χ4v) is 3.00. The molecule has 130 valence electrons. The largest absolute Gasteiger partial charge is 0.391 e. The van der Waals surface area contributed by atoms with Gasteiger partial charge in [0.2, 0.25) is 0 Å². The number of nitrogens with zero attached hydrogens (tertiary/aromatic N) is 3. The number of nitro groups is 1. The smallest absolute Gasteiger partial charge is 0.269 e. The number of benzene rings is 2. The molecule has 1 heterocycles. The molecule has 1 fully saturated rings. The fraction of sp³-hybridized carbons (Fsp3) is 0.278. The van der Waals surface area contributed by atoms with E-state index in [4.69, 9.17) is 0 Å². The predicted octanol–water partition coefficient (Wildman–Crippen LogP) is 2.44. The van der Waals surface area contributed by atoms with Crippen LogP contribution in [0.5, 0.6) is 0 Å². The van der Waals surface area contributed by atoms with E-state index in [-0.39, 0.29) is 17.7 Å². The van der Waals surface area contributed by atoms with Gasteiger partial charge in [0.15, 0.2) is 0 Å². The molecule has 0 bridgehead atoms. The van der Waals surface area contributed by atoms with Crippen molar-refractivity contribution in [3.8, 4) is 0 Å². The van der Waals surface area contributed by atoms with Crippen molar-refractivity contribution in [3.05, 3.63) is 64.2 Å². The van der Waals surface area contributed by atoms with Crippen LogP contribution >= 0.6 is 0 Å². The number of aliphatic hydroxyl groups is 1. The Kier molecular flexibility index (Phi) is 4.67. The number of nitro benzene ring substituents is 1. The summed E-state index contributed by atoms with van der Waals surface area (Å²) in [5, 5.41) is 20.5. The molecule has 0 aromatic heterocycles. The quantitative estimate of drug-likeness (QED) is 0.682. The Hall–Kier alpha value is -2.93. The number of amides is 1. The maximum absolute atomic E-state index is 12.7. The Morgan fingerprint density at radius 2 is 1.92 bits per heavy atom. The van der Waals surface area contributed by atoms with E-state index in [1.807, 2.05) is 24.3 Å². The minimum Gasteiger partial charge on any atom is -0.391 e. The summed E-state index contributed by atoms with van der Waals surface area (Å²) in [6, 6.07) is 13.1. The molecule has 1 N–H and O–H groups in total. The number of anilines is 2. The number of hydrogen-bond donors (Lipinski definition) is 1. The lowest BCUT2D eigenvalue weighted by atomic mass is 10.1. The van der Waals surface area contributed by atoms with Gasteiger partial charge >= 0.3 is 0 Å². The lowest BCUT2D eigenvalue weighted by Crippen LogP contribution is -2.29. The first-order valence-corrected chi connectivity index (χ1v) is 8.02. The van der Waals surface area contributed by atoms with E-state index in [9.17, 15) is 20.0 Å². The summed E-state index contributed by atoms with van der Waals surface area (Å²) in [4.78, 5) is 26.6. The molecule has 1 atom stereocenters. The Labute approximate surface area is 145 Å². The van der Waals surface area contributed by atoms with Crippen molar-refractivity contribution in [2.24, 2.45) is 0 Å². The maximum Gasteiger partial charge on any atom is 0.269 e. The zero-order valence-electron chi connectivity index (χ0n) is 13.8. The van der Waals surface area contributed by atoms with E-state index in [0.717, 1.165) is 17.9 Å². The summed E-state index contributed by atoms with van der Waals surface area (Å²) in [7, 11) is 1.68. The molecular weight excluding hydrogens is 322 g/mol. The summed E-state index contributed by atoms with van der Waals surface area (Å²) in [6.45, 7) is 1.27. The van der Waals surface area contributed by atoms with Gasteiger partial charge in [-0.15, -0.1) is 0 Å². The SMILES string of the molecule is CN(C(=O)c1ccc([N+](=O)[O-])cc1)c1ccccc1N1CC[C@H](O)C1. The van der Waals surface area contributed by atoms with Crippen LogP contribution in [-0.2, 0) is 0 Å². The second-order valence-electron chi connectivity index (χ2n) is 6.05. The molecule has 1 amide bonds. The first-order chi connectivity index (χ1) is 12.0.